The summed E-state index contributed by atoms with van der Waals surface area (Å²) < 4.78 is 0. The maximum Gasteiger partial charge on any atom is 0.234 e. The van der Waals surface area contributed by atoms with Gasteiger partial charge in [0.15, 0.2) is 0 Å². The fourth-order valence-electron chi connectivity index (χ4n) is 2.66. The molecule has 1 saturated heterocycles. The molecule has 1 unspecified atom stereocenters. The standard InChI is InChI=1S/C15H22N4O2/c1-10-11(16)4-2-5-12(10)18-14(20)7-9-19-8-3-6-13(19)15(17)21/h2,4-5,13H,3,6-9,16H2,1H3,(H2,17,21)(H,18,20). The number of nitrogen functional groups attached to an aromatic ring is 1. The van der Waals surface area contributed by atoms with E-state index in [1.165, 1.54) is 0 Å². The SMILES string of the molecule is Cc1c(N)cccc1NC(=O)CCN1CCCC1C(N)=O. The lowest BCUT2D eigenvalue weighted by Gasteiger charge is -2.21. The third kappa shape index (κ3) is 3.72. The van der Waals surface area contributed by atoms with Crippen molar-refractivity contribution < 1.29 is 9.59 Å². The molecule has 6 heteroatoms. The zero-order chi connectivity index (χ0) is 15.4. The molecule has 0 bridgehead atoms. The van der Waals surface area contributed by atoms with Crippen LogP contribution >= 0.6 is 0 Å². The fourth-order valence-corrected chi connectivity index (χ4v) is 2.66. The van der Waals surface area contributed by atoms with E-state index in [9.17, 15) is 9.59 Å². The van der Waals surface area contributed by atoms with Crippen LogP contribution in [-0.4, -0.2) is 35.8 Å². The number of anilines is 2. The molecule has 2 rings (SSSR count). The average molecular weight is 290 g/mol. The fraction of sp³-hybridized carbons (Fsp3) is 0.467. The Kier molecular flexibility index (Phi) is 4.80. The number of carbonyl (C=O) groups is 2. The van der Waals surface area contributed by atoms with Crippen LogP contribution in [0, 0.1) is 6.92 Å². The maximum atomic E-state index is 12.0. The van der Waals surface area contributed by atoms with E-state index < -0.39 is 0 Å². The Morgan fingerprint density at radius 3 is 2.90 bits per heavy atom. The Balaban J connectivity index is 1.88. The number of nitrogens with zero attached hydrogens (tertiary/aromatic N) is 1. The van der Waals surface area contributed by atoms with Crippen molar-refractivity contribution in [3.63, 3.8) is 0 Å². The number of amides is 2. The molecule has 1 aliphatic rings. The molecule has 0 aromatic heterocycles. The van der Waals surface area contributed by atoms with E-state index in [0.717, 1.165) is 30.6 Å². The van der Waals surface area contributed by atoms with Gasteiger partial charge in [-0.05, 0) is 44.0 Å². The van der Waals surface area contributed by atoms with E-state index in [1.54, 1.807) is 6.07 Å². The minimum atomic E-state index is -0.306. The quantitative estimate of drug-likeness (QED) is 0.700. The normalized spacial score (nSPS) is 18.6. The van der Waals surface area contributed by atoms with Crippen LogP contribution < -0.4 is 16.8 Å². The lowest BCUT2D eigenvalue weighted by molar-refractivity contribution is -0.123. The first-order valence-corrected chi connectivity index (χ1v) is 7.17. The Labute approximate surface area is 124 Å². The highest BCUT2D eigenvalue weighted by atomic mass is 16.2. The molecule has 1 fully saturated rings. The molecule has 0 saturated carbocycles. The lowest BCUT2D eigenvalue weighted by atomic mass is 10.1. The van der Waals surface area contributed by atoms with Crippen LogP contribution in [0.4, 0.5) is 11.4 Å². The minimum absolute atomic E-state index is 0.0844. The van der Waals surface area contributed by atoms with Crippen LogP contribution in [0.2, 0.25) is 0 Å². The summed E-state index contributed by atoms with van der Waals surface area (Å²) >= 11 is 0. The molecule has 0 spiro atoms. The number of hydrogen-bond acceptors (Lipinski definition) is 4. The molecule has 1 atom stereocenters. The highest BCUT2D eigenvalue weighted by Gasteiger charge is 2.28. The number of nitrogens with two attached hydrogens (primary N) is 2. The van der Waals surface area contributed by atoms with Crippen LogP contribution in [0.1, 0.15) is 24.8 Å². The maximum absolute atomic E-state index is 12.0. The van der Waals surface area contributed by atoms with Crippen molar-refractivity contribution in [2.45, 2.75) is 32.2 Å². The van der Waals surface area contributed by atoms with Gasteiger partial charge in [-0.15, -0.1) is 0 Å². The van der Waals surface area contributed by atoms with Crippen LogP contribution in [0.3, 0.4) is 0 Å². The Morgan fingerprint density at radius 1 is 1.43 bits per heavy atom. The molecule has 6 nitrogen and oxygen atoms in total. The highest BCUT2D eigenvalue weighted by Crippen LogP contribution is 2.21. The Hall–Kier alpha value is -2.08. The molecular formula is C15H22N4O2. The van der Waals surface area contributed by atoms with Gasteiger partial charge >= 0.3 is 0 Å². The van der Waals surface area contributed by atoms with Gasteiger partial charge in [-0.2, -0.15) is 0 Å². The third-order valence-corrected chi connectivity index (χ3v) is 3.97. The number of carbonyl (C=O) groups excluding carboxylic acids is 2. The number of rotatable bonds is 5. The number of nitrogens with one attached hydrogen (secondary N) is 1. The minimum Gasteiger partial charge on any atom is -0.398 e. The van der Waals surface area contributed by atoms with E-state index >= 15 is 0 Å². The summed E-state index contributed by atoms with van der Waals surface area (Å²) in [5.41, 5.74) is 13.4. The predicted molar refractivity (Wildman–Crippen MR) is 82.6 cm³/mol. The Bertz CT molecular complexity index is 544. The average Bonchev–Trinajstić information content (AvgIpc) is 2.90. The van der Waals surface area contributed by atoms with Crippen molar-refractivity contribution in [2.24, 2.45) is 5.73 Å². The second kappa shape index (κ2) is 6.58. The van der Waals surface area contributed by atoms with Gasteiger partial charge in [-0.1, -0.05) is 6.07 Å². The van der Waals surface area contributed by atoms with Gasteiger partial charge in [0.25, 0.3) is 0 Å². The second-order valence-corrected chi connectivity index (χ2v) is 5.41. The van der Waals surface area contributed by atoms with E-state index in [-0.39, 0.29) is 17.9 Å². The molecule has 1 aromatic rings. The zero-order valence-corrected chi connectivity index (χ0v) is 12.3. The molecule has 1 aliphatic heterocycles. The van der Waals surface area contributed by atoms with Crippen molar-refractivity contribution in [1.82, 2.24) is 4.90 Å². The summed E-state index contributed by atoms with van der Waals surface area (Å²) in [6, 6.07) is 5.20. The Morgan fingerprint density at radius 2 is 2.19 bits per heavy atom. The van der Waals surface area contributed by atoms with Crippen LogP contribution in [-0.2, 0) is 9.59 Å². The van der Waals surface area contributed by atoms with Crippen molar-refractivity contribution >= 4 is 23.2 Å². The number of likely N-dealkylation sites (tertiary alicyclic amines) is 1. The predicted octanol–water partition coefficient (Wildman–Crippen LogP) is 0.856. The molecule has 114 valence electrons. The van der Waals surface area contributed by atoms with Gasteiger partial charge in [0, 0.05) is 24.3 Å². The molecule has 0 radical (unpaired) electrons. The smallest absolute Gasteiger partial charge is 0.234 e. The van der Waals surface area contributed by atoms with Crippen LogP contribution in [0.25, 0.3) is 0 Å². The van der Waals surface area contributed by atoms with Gasteiger partial charge in [0.1, 0.15) is 0 Å². The third-order valence-electron chi connectivity index (χ3n) is 3.97. The number of hydrogen-bond donors (Lipinski definition) is 3. The van der Waals surface area contributed by atoms with Gasteiger partial charge in [-0.25, -0.2) is 0 Å². The molecule has 2 amide bonds. The summed E-state index contributed by atoms with van der Waals surface area (Å²) in [5.74, 6) is -0.390. The van der Waals surface area contributed by atoms with Gasteiger partial charge in [-0.3, -0.25) is 14.5 Å². The topological polar surface area (TPSA) is 101 Å². The largest absolute Gasteiger partial charge is 0.398 e. The second-order valence-electron chi connectivity index (χ2n) is 5.41. The number of primary amides is 1. The molecule has 1 heterocycles. The first kappa shape index (κ1) is 15.3. The van der Waals surface area contributed by atoms with Crippen LogP contribution in [0.15, 0.2) is 18.2 Å². The summed E-state index contributed by atoms with van der Waals surface area (Å²) in [5, 5.41) is 2.86. The van der Waals surface area contributed by atoms with Crippen LogP contribution in [0.5, 0.6) is 0 Å². The van der Waals surface area contributed by atoms with Gasteiger partial charge in [0.05, 0.1) is 6.04 Å². The molecule has 0 aliphatic carbocycles. The van der Waals surface area contributed by atoms with Crippen molar-refractivity contribution in [3.8, 4) is 0 Å². The molecular weight excluding hydrogens is 268 g/mol. The molecule has 21 heavy (non-hydrogen) atoms. The van der Waals surface area contributed by atoms with Gasteiger partial charge in [0.2, 0.25) is 11.8 Å². The van der Waals surface area contributed by atoms with E-state index in [0.29, 0.717) is 18.7 Å². The summed E-state index contributed by atoms with van der Waals surface area (Å²) in [6.07, 6.45) is 2.06. The first-order valence-electron chi connectivity index (χ1n) is 7.17. The first-order chi connectivity index (χ1) is 9.99. The van der Waals surface area contributed by atoms with E-state index in [1.807, 2.05) is 24.0 Å². The summed E-state index contributed by atoms with van der Waals surface area (Å²) in [6.45, 7) is 3.23. The van der Waals surface area contributed by atoms with E-state index in [2.05, 4.69) is 5.32 Å². The monoisotopic (exact) mass is 290 g/mol. The highest BCUT2D eigenvalue weighted by molar-refractivity contribution is 5.92. The van der Waals surface area contributed by atoms with E-state index in [4.69, 9.17) is 11.5 Å². The van der Waals surface area contributed by atoms with Crippen molar-refractivity contribution in [3.05, 3.63) is 23.8 Å². The number of benzene rings is 1. The molecule has 1 aromatic carbocycles. The summed E-state index contributed by atoms with van der Waals surface area (Å²) in [7, 11) is 0. The zero-order valence-electron chi connectivity index (χ0n) is 12.3. The van der Waals surface area contributed by atoms with Gasteiger partial charge < -0.3 is 16.8 Å². The molecule has 5 N–H and O–H groups in total. The van der Waals surface area contributed by atoms with Crippen molar-refractivity contribution in [2.75, 3.05) is 24.1 Å². The lowest BCUT2D eigenvalue weighted by Crippen LogP contribution is -2.41. The van der Waals surface area contributed by atoms with Crippen molar-refractivity contribution in [1.29, 1.82) is 0 Å². The summed E-state index contributed by atoms with van der Waals surface area (Å²) in [4.78, 5) is 25.3.